The highest BCUT2D eigenvalue weighted by Crippen LogP contribution is 2.22. The van der Waals surface area contributed by atoms with Crippen molar-refractivity contribution < 1.29 is 14.8 Å². The van der Waals surface area contributed by atoms with Crippen LogP contribution < -0.4 is 5.48 Å². The molecular formula is C20H28N2O3. The van der Waals surface area contributed by atoms with Gasteiger partial charge in [0, 0.05) is 25.1 Å². The zero-order valence-electron chi connectivity index (χ0n) is 15.3. The minimum absolute atomic E-state index is 0.00817. The Balaban J connectivity index is 1.76. The molecule has 2 amide bonds. The highest BCUT2D eigenvalue weighted by molar-refractivity contribution is 5.96. The van der Waals surface area contributed by atoms with E-state index in [0.29, 0.717) is 25.1 Å². The van der Waals surface area contributed by atoms with E-state index in [9.17, 15) is 9.59 Å². The lowest BCUT2D eigenvalue weighted by molar-refractivity contribution is -0.129. The predicted molar refractivity (Wildman–Crippen MR) is 97.3 cm³/mol. The molecule has 0 saturated heterocycles. The maximum absolute atomic E-state index is 12.3. The summed E-state index contributed by atoms with van der Waals surface area (Å²) in [7, 11) is 0. The summed E-state index contributed by atoms with van der Waals surface area (Å²) >= 11 is 0. The molecular weight excluding hydrogens is 316 g/mol. The number of hydrogen-bond acceptors (Lipinski definition) is 3. The SMILES string of the molecule is CC(C)(C)c1ccc(CCCN2CC=C(CCC(=O)NO)C2=O)cc1. The van der Waals surface area contributed by atoms with Gasteiger partial charge >= 0.3 is 0 Å². The molecule has 0 bridgehead atoms. The van der Waals surface area contributed by atoms with Gasteiger partial charge in [0.05, 0.1) is 0 Å². The molecule has 5 heteroatoms. The summed E-state index contributed by atoms with van der Waals surface area (Å²) in [5.41, 5.74) is 5.03. The average Bonchev–Trinajstić information content (AvgIpc) is 2.92. The molecule has 0 aromatic heterocycles. The molecule has 0 unspecified atom stereocenters. The number of carbonyl (C=O) groups excluding carboxylic acids is 2. The highest BCUT2D eigenvalue weighted by atomic mass is 16.5. The topological polar surface area (TPSA) is 69.6 Å². The molecule has 5 nitrogen and oxygen atoms in total. The molecule has 136 valence electrons. The Hall–Kier alpha value is -2.14. The van der Waals surface area contributed by atoms with Gasteiger partial charge in [-0.15, -0.1) is 0 Å². The van der Waals surface area contributed by atoms with Crippen molar-refractivity contribution in [3.05, 3.63) is 47.0 Å². The molecule has 0 fully saturated rings. The molecule has 2 N–H and O–H groups in total. The fourth-order valence-electron chi connectivity index (χ4n) is 2.95. The lowest BCUT2D eigenvalue weighted by Crippen LogP contribution is -2.28. The number of aryl methyl sites for hydroxylation is 1. The summed E-state index contributed by atoms with van der Waals surface area (Å²) in [5.74, 6) is -0.459. The second-order valence-electron chi connectivity index (χ2n) is 7.57. The maximum Gasteiger partial charge on any atom is 0.249 e. The minimum Gasteiger partial charge on any atom is -0.335 e. The number of nitrogens with one attached hydrogen (secondary N) is 1. The van der Waals surface area contributed by atoms with Crippen molar-refractivity contribution in [2.45, 2.75) is 51.9 Å². The van der Waals surface area contributed by atoms with Crippen LogP contribution in [0, 0.1) is 0 Å². The van der Waals surface area contributed by atoms with E-state index >= 15 is 0 Å². The molecule has 1 aromatic rings. The van der Waals surface area contributed by atoms with Gasteiger partial charge in [0.1, 0.15) is 0 Å². The number of rotatable bonds is 7. The smallest absolute Gasteiger partial charge is 0.249 e. The Morgan fingerprint density at radius 3 is 2.48 bits per heavy atom. The van der Waals surface area contributed by atoms with E-state index in [1.165, 1.54) is 11.1 Å². The van der Waals surface area contributed by atoms with Gasteiger partial charge in [0.15, 0.2) is 0 Å². The van der Waals surface area contributed by atoms with Gasteiger partial charge in [-0.3, -0.25) is 14.8 Å². The van der Waals surface area contributed by atoms with Crippen LogP contribution in [0.1, 0.15) is 51.2 Å². The summed E-state index contributed by atoms with van der Waals surface area (Å²) in [6, 6.07) is 8.71. The number of carbonyl (C=O) groups is 2. The van der Waals surface area contributed by atoms with Crippen molar-refractivity contribution in [2.75, 3.05) is 13.1 Å². The van der Waals surface area contributed by atoms with Crippen LogP contribution in [-0.4, -0.2) is 35.0 Å². The lowest BCUT2D eigenvalue weighted by Gasteiger charge is -2.19. The number of amides is 2. The van der Waals surface area contributed by atoms with Crippen LogP contribution in [0.15, 0.2) is 35.9 Å². The fraction of sp³-hybridized carbons (Fsp3) is 0.500. The summed E-state index contributed by atoms with van der Waals surface area (Å²) in [6.07, 6.45) is 4.23. The standard InChI is InChI=1S/C20H28N2O3/c1-20(2,3)17-9-6-15(7-10-17)5-4-13-22-14-12-16(19(22)24)8-11-18(23)21-25/h6-7,9-10,12,25H,4-5,8,11,13-14H2,1-3H3,(H,21,23). The van der Waals surface area contributed by atoms with Gasteiger partial charge < -0.3 is 4.90 Å². The summed E-state index contributed by atoms with van der Waals surface area (Å²) in [5, 5.41) is 8.50. The molecule has 0 aliphatic carbocycles. The van der Waals surface area contributed by atoms with E-state index < -0.39 is 5.91 Å². The van der Waals surface area contributed by atoms with Gasteiger partial charge in [-0.1, -0.05) is 51.1 Å². The zero-order valence-corrected chi connectivity index (χ0v) is 15.3. The molecule has 0 radical (unpaired) electrons. The minimum atomic E-state index is -0.467. The Morgan fingerprint density at radius 2 is 1.88 bits per heavy atom. The van der Waals surface area contributed by atoms with Crippen LogP contribution in [0.4, 0.5) is 0 Å². The second kappa shape index (κ2) is 8.30. The first-order chi connectivity index (χ1) is 11.8. The molecule has 1 heterocycles. The van der Waals surface area contributed by atoms with Crippen LogP contribution in [0.2, 0.25) is 0 Å². The molecule has 25 heavy (non-hydrogen) atoms. The molecule has 0 saturated carbocycles. The quantitative estimate of drug-likeness (QED) is 0.590. The van der Waals surface area contributed by atoms with E-state index in [1.54, 1.807) is 5.48 Å². The van der Waals surface area contributed by atoms with Crippen molar-refractivity contribution in [1.82, 2.24) is 10.4 Å². The van der Waals surface area contributed by atoms with Crippen LogP contribution in [0.3, 0.4) is 0 Å². The predicted octanol–water partition coefficient (Wildman–Crippen LogP) is 2.97. The lowest BCUT2D eigenvalue weighted by atomic mass is 9.86. The van der Waals surface area contributed by atoms with Crippen molar-refractivity contribution >= 4 is 11.8 Å². The van der Waals surface area contributed by atoms with Crippen molar-refractivity contribution in [1.29, 1.82) is 0 Å². The Bertz CT molecular complexity index is 642. The molecule has 1 aliphatic heterocycles. The molecule has 2 rings (SSSR count). The number of hydroxylamine groups is 1. The highest BCUT2D eigenvalue weighted by Gasteiger charge is 2.23. The van der Waals surface area contributed by atoms with Gasteiger partial charge in [0.2, 0.25) is 11.8 Å². The Kier molecular flexibility index (Phi) is 6.37. The Labute approximate surface area is 149 Å². The van der Waals surface area contributed by atoms with E-state index in [2.05, 4.69) is 45.0 Å². The van der Waals surface area contributed by atoms with Gasteiger partial charge in [-0.05, 0) is 35.8 Å². The zero-order chi connectivity index (χ0) is 18.4. The van der Waals surface area contributed by atoms with Crippen molar-refractivity contribution in [3.8, 4) is 0 Å². The number of hydrogen-bond donors (Lipinski definition) is 2. The van der Waals surface area contributed by atoms with Gasteiger partial charge in [0.25, 0.3) is 0 Å². The largest absolute Gasteiger partial charge is 0.335 e. The monoisotopic (exact) mass is 344 g/mol. The van der Waals surface area contributed by atoms with E-state index in [0.717, 1.165) is 12.8 Å². The summed E-state index contributed by atoms with van der Waals surface area (Å²) in [6.45, 7) is 7.94. The normalized spacial score (nSPS) is 14.6. The summed E-state index contributed by atoms with van der Waals surface area (Å²) < 4.78 is 0. The van der Waals surface area contributed by atoms with Crippen LogP contribution in [0.5, 0.6) is 0 Å². The van der Waals surface area contributed by atoms with Gasteiger partial charge in [-0.25, -0.2) is 5.48 Å². The molecule has 0 atom stereocenters. The number of nitrogens with zero attached hydrogens (tertiary/aromatic N) is 1. The van der Waals surface area contributed by atoms with Crippen LogP contribution >= 0.6 is 0 Å². The van der Waals surface area contributed by atoms with E-state index in [1.807, 2.05) is 11.0 Å². The number of benzene rings is 1. The van der Waals surface area contributed by atoms with Gasteiger partial charge in [-0.2, -0.15) is 0 Å². The third kappa shape index (κ3) is 5.43. The van der Waals surface area contributed by atoms with Crippen LogP contribution in [-0.2, 0) is 21.4 Å². The molecule has 0 spiro atoms. The van der Waals surface area contributed by atoms with Crippen molar-refractivity contribution in [2.24, 2.45) is 0 Å². The molecule has 1 aliphatic rings. The second-order valence-corrected chi connectivity index (χ2v) is 7.57. The fourth-order valence-corrected chi connectivity index (χ4v) is 2.95. The third-order valence-corrected chi connectivity index (χ3v) is 4.58. The van der Waals surface area contributed by atoms with Crippen molar-refractivity contribution in [3.63, 3.8) is 0 Å². The van der Waals surface area contributed by atoms with Crippen LogP contribution in [0.25, 0.3) is 0 Å². The maximum atomic E-state index is 12.3. The Morgan fingerprint density at radius 1 is 1.20 bits per heavy atom. The average molecular weight is 344 g/mol. The van der Waals surface area contributed by atoms with E-state index in [-0.39, 0.29) is 17.7 Å². The first-order valence-electron chi connectivity index (χ1n) is 8.82. The third-order valence-electron chi connectivity index (χ3n) is 4.58. The first kappa shape index (κ1) is 19.2. The first-order valence-corrected chi connectivity index (χ1v) is 8.82. The van der Waals surface area contributed by atoms with E-state index in [4.69, 9.17) is 5.21 Å². The summed E-state index contributed by atoms with van der Waals surface area (Å²) in [4.78, 5) is 25.1. The molecule has 1 aromatic carbocycles.